The van der Waals surface area contributed by atoms with Gasteiger partial charge in [0.05, 0.1) is 18.4 Å². The van der Waals surface area contributed by atoms with Crippen LogP contribution in [0, 0.1) is 6.92 Å². The van der Waals surface area contributed by atoms with Crippen molar-refractivity contribution in [1.29, 1.82) is 0 Å². The predicted octanol–water partition coefficient (Wildman–Crippen LogP) is 1.60. The Bertz CT molecular complexity index is 590. The molecule has 1 aliphatic heterocycles. The van der Waals surface area contributed by atoms with E-state index in [0.29, 0.717) is 10.1 Å². The van der Waals surface area contributed by atoms with E-state index in [1.807, 2.05) is 6.92 Å². The number of rotatable bonds is 1. The molecule has 0 aliphatic carbocycles. The number of hydrogen-bond acceptors (Lipinski definition) is 5. The molecule has 19 heavy (non-hydrogen) atoms. The van der Waals surface area contributed by atoms with Gasteiger partial charge >= 0.3 is 6.18 Å². The lowest BCUT2D eigenvalue weighted by Crippen LogP contribution is -2.47. The van der Waals surface area contributed by atoms with Crippen molar-refractivity contribution in [2.24, 2.45) is 0 Å². The maximum atomic E-state index is 12.7. The van der Waals surface area contributed by atoms with Gasteiger partial charge in [-0.05, 0) is 6.92 Å². The third-order valence-corrected chi connectivity index (χ3v) is 4.18. The lowest BCUT2D eigenvalue weighted by atomic mass is 10.0. The zero-order valence-corrected chi connectivity index (χ0v) is 10.8. The first-order valence-corrected chi connectivity index (χ1v) is 6.47. The van der Waals surface area contributed by atoms with E-state index in [0.717, 1.165) is 5.69 Å². The molecule has 2 aromatic rings. The number of aromatic nitrogens is 3. The summed E-state index contributed by atoms with van der Waals surface area (Å²) in [6, 6.07) is 0. The minimum atomic E-state index is -4.62. The van der Waals surface area contributed by atoms with Crippen LogP contribution in [0.15, 0.2) is 6.20 Å². The van der Waals surface area contributed by atoms with Crippen molar-refractivity contribution in [3.63, 3.8) is 0 Å². The Balaban J connectivity index is 1.86. The molecule has 104 valence electrons. The highest BCUT2D eigenvalue weighted by Gasteiger charge is 2.57. The summed E-state index contributed by atoms with van der Waals surface area (Å²) < 4.78 is 39.7. The van der Waals surface area contributed by atoms with Gasteiger partial charge in [-0.15, -0.1) is 5.10 Å². The van der Waals surface area contributed by atoms with Gasteiger partial charge < -0.3 is 10.0 Å². The van der Waals surface area contributed by atoms with Gasteiger partial charge in [0.25, 0.3) is 0 Å². The fourth-order valence-electron chi connectivity index (χ4n) is 2.11. The largest absolute Gasteiger partial charge is 0.419 e. The topological polar surface area (TPSA) is 53.7 Å². The molecule has 0 bridgehead atoms. The number of imidazole rings is 1. The Morgan fingerprint density at radius 2 is 2.21 bits per heavy atom. The number of alkyl halides is 3. The number of β-amino-alcohol motifs (C(OH)–C–C–N with tert-alkyl or cyclic N) is 1. The van der Waals surface area contributed by atoms with Gasteiger partial charge in [-0.1, -0.05) is 11.3 Å². The molecule has 1 unspecified atom stereocenters. The molecular weight excluding hydrogens is 281 g/mol. The molecule has 9 heteroatoms. The van der Waals surface area contributed by atoms with E-state index in [-0.39, 0.29) is 13.0 Å². The summed E-state index contributed by atoms with van der Waals surface area (Å²) in [5.41, 5.74) is -1.84. The third kappa shape index (κ3) is 1.96. The fourth-order valence-corrected chi connectivity index (χ4v) is 3.07. The van der Waals surface area contributed by atoms with Crippen LogP contribution < -0.4 is 4.90 Å². The van der Waals surface area contributed by atoms with Crippen LogP contribution in [0.4, 0.5) is 18.3 Å². The SMILES string of the molecule is Cc1cn2nc(N3CCC(O)(C(F)(F)F)C3)sc2n1. The number of anilines is 1. The monoisotopic (exact) mass is 292 g/mol. The zero-order valence-electron chi connectivity index (χ0n) is 9.98. The van der Waals surface area contributed by atoms with Gasteiger partial charge in [-0.25, -0.2) is 9.50 Å². The van der Waals surface area contributed by atoms with E-state index >= 15 is 0 Å². The highest BCUT2D eigenvalue weighted by Crippen LogP contribution is 2.39. The van der Waals surface area contributed by atoms with Crippen LogP contribution in [0.2, 0.25) is 0 Å². The number of aliphatic hydroxyl groups is 1. The molecule has 3 rings (SSSR count). The summed E-state index contributed by atoms with van der Waals surface area (Å²) in [6.45, 7) is 1.47. The molecule has 0 spiro atoms. The number of aryl methyl sites for hydroxylation is 1. The van der Waals surface area contributed by atoms with Crippen LogP contribution in [-0.4, -0.2) is 44.6 Å². The smallest absolute Gasteiger partial charge is 0.379 e. The van der Waals surface area contributed by atoms with Crippen molar-refractivity contribution in [1.82, 2.24) is 14.6 Å². The van der Waals surface area contributed by atoms with Crippen molar-refractivity contribution < 1.29 is 18.3 Å². The summed E-state index contributed by atoms with van der Waals surface area (Å²) in [4.78, 5) is 6.28. The van der Waals surface area contributed by atoms with Crippen molar-refractivity contribution in [3.8, 4) is 0 Å². The summed E-state index contributed by atoms with van der Waals surface area (Å²) in [7, 11) is 0. The van der Waals surface area contributed by atoms with Gasteiger partial charge in [-0.3, -0.25) is 0 Å². The molecule has 1 atom stereocenters. The molecule has 0 amide bonds. The Labute approximate surface area is 110 Å². The zero-order chi connectivity index (χ0) is 13.8. The van der Waals surface area contributed by atoms with E-state index < -0.39 is 18.3 Å². The molecule has 0 aromatic carbocycles. The molecule has 1 saturated heterocycles. The summed E-state index contributed by atoms with van der Waals surface area (Å²) in [5, 5.41) is 14.2. The number of halogens is 3. The van der Waals surface area contributed by atoms with Crippen LogP contribution in [0.1, 0.15) is 12.1 Å². The Morgan fingerprint density at radius 3 is 2.79 bits per heavy atom. The number of nitrogens with zero attached hydrogens (tertiary/aromatic N) is 4. The van der Waals surface area contributed by atoms with Crippen molar-refractivity contribution >= 4 is 21.4 Å². The first kappa shape index (κ1) is 12.7. The predicted molar refractivity (Wildman–Crippen MR) is 63.4 cm³/mol. The van der Waals surface area contributed by atoms with Crippen LogP contribution in [-0.2, 0) is 0 Å². The van der Waals surface area contributed by atoms with E-state index in [2.05, 4.69) is 10.1 Å². The molecule has 0 radical (unpaired) electrons. The Kier molecular flexibility index (Phi) is 2.55. The van der Waals surface area contributed by atoms with Gasteiger partial charge in [0.15, 0.2) is 5.60 Å². The van der Waals surface area contributed by atoms with Crippen LogP contribution in [0.5, 0.6) is 0 Å². The van der Waals surface area contributed by atoms with E-state index in [1.165, 1.54) is 16.2 Å². The standard InChI is InChI=1S/C10H11F3N4OS/c1-6-4-17-7(14-6)19-8(15-17)16-3-2-9(18,5-16)10(11,12)13/h4,18H,2-3,5H2,1H3. The Hall–Kier alpha value is -1.35. The van der Waals surface area contributed by atoms with Crippen molar-refractivity contribution in [3.05, 3.63) is 11.9 Å². The van der Waals surface area contributed by atoms with Gasteiger partial charge in [-0.2, -0.15) is 13.2 Å². The molecule has 0 saturated carbocycles. The average molecular weight is 292 g/mol. The number of hydrogen-bond donors (Lipinski definition) is 1. The third-order valence-electron chi connectivity index (χ3n) is 3.20. The van der Waals surface area contributed by atoms with Crippen molar-refractivity contribution in [2.45, 2.75) is 25.1 Å². The molecule has 3 heterocycles. The fraction of sp³-hybridized carbons (Fsp3) is 0.600. The van der Waals surface area contributed by atoms with Crippen LogP contribution in [0.3, 0.4) is 0 Å². The average Bonchev–Trinajstić information content (AvgIpc) is 2.89. The van der Waals surface area contributed by atoms with Crippen LogP contribution in [0.25, 0.3) is 4.96 Å². The molecule has 5 nitrogen and oxygen atoms in total. The lowest BCUT2D eigenvalue weighted by Gasteiger charge is -2.25. The minimum Gasteiger partial charge on any atom is -0.379 e. The van der Waals surface area contributed by atoms with Crippen molar-refractivity contribution in [2.75, 3.05) is 18.0 Å². The molecular formula is C10H11F3N4OS. The van der Waals surface area contributed by atoms with Crippen LogP contribution >= 0.6 is 11.3 Å². The second-order valence-electron chi connectivity index (χ2n) is 4.69. The minimum absolute atomic E-state index is 0.131. The second-order valence-corrected chi connectivity index (χ2v) is 5.63. The molecule has 1 aliphatic rings. The maximum absolute atomic E-state index is 12.7. The second kappa shape index (κ2) is 3.83. The van der Waals surface area contributed by atoms with Gasteiger partial charge in [0.1, 0.15) is 0 Å². The summed E-state index contributed by atoms with van der Waals surface area (Å²) in [5.74, 6) is 0. The molecule has 1 N–H and O–H groups in total. The quantitative estimate of drug-likeness (QED) is 0.867. The summed E-state index contributed by atoms with van der Waals surface area (Å²) in [6.07, 6.45) is -3.24. The van der Waals surface area contributed by atoms with Gasteiger partial charge in [0.2, 0.25) is 10.1 Å². The van der Waals surface area contributed by atoms with E-state index in [9.17, 15) is 18.3 Å². The normalized spacial score (nSPS) is 24.6. The van der Waals surface area contributed by atoms with Gasteiger partial charge in [0, 0.05) is 13.0 Å². The summed E-state index contributed by atoms with van der Waals surface area (Å²) >= 11 is 1.21. The first-order valence-electron chi connectivity index (χ1n) is 5.65. The van der Waals surface area contributed by atoms with E-state index in [1.54, 1.807) is 10.7 Å². The lowest BCUT2D eigenvalue weighted by molar-refractivity contribution is -0.250. The maximum Gasteiger partial charge on any atom is 0.419 e. The number of fused-ring (bicyclic) bond motifs is 1. The first-order chi connectivity index (χ1) is 8.78. The Morgan fingerprint density at radius 1 is 1.47 bits per heavy atom. The molecule has 2 aromatic heterocycles. The highest BCUT2D eigenvalue weighted by atomic mass is 32.1. The highest BCUT2D eigenvalue weighted by molar-refractivity contribution is 7.20. The van der Waals surface area contributed by atoms with E-state index in [4.69, 9.17) is 0 Å². The molecule has 1 fully saturated rings.